The molecule has 0 aliphatic carbocycles. The number of rotatable bonds is 4. The van der Waals surface area contributed by atoms with Crippen molar-refractivity contribution in [2.24, 2.45) is 5.73 Å². The number of H-pyrrole nitrogens is 1. The first-order chi connectivity index (χ1) is 13.1. The van der Waals surface area contributed by atoms with Crippen LogP contribution in [0.1, 0.15) is 22.3 Å². The number of piperazine rings is 1. The molecule has 5 N–H and O–H groups in total. The van der Waals surface area contributed by atoms with Crippen LogP contribution in [-0.4, -0.2) is 45.9 Å². The molecule has 3 heterocycles. The van der Waals surface area contributed by atoms with E-state index in [1.165, 1.54) is 5.56 Å². The van der Waals surface area contributed by atoms with Crippen molar-refractivity contribution in [1.82, 2.24) is 14.9 Å². The SMILES string of the molecule is NC(=O)c1cccc2[nH]c(N3C[C@@H]4C[C@@H]3CN4Cc3ccc(N)cc3)nc12. The lowest BCUT2D eigenvalue weighted by molar-refractivity contribution is 0.100. The molecule has 2 atom stereocenters. The molecule has 2 aromatic carbocycles. The lowest BCUT2D eigenvalue weighted by Gasteiger charge is -2.34. The third-order valence-electron chi connectivity index (χ3n) is 5.76. The highest BCUT2D eigenvalue weighted by atomic mass is 16.1. The molecular formula is C20H22N6O. The number of amides is 1. The molecule has 0 saturated carbocycles. The van der Waals surface area contributed by atoms with Gasteiger partial charge in [-0.1, -0.05) is 18.2 Å². The fourth-order valence-electron chi connectivity index (χ4n) is 4.41. The van der Waals surface area contributed by atoms with Gasteiger partial charge >= 0.3 is 0 Å². The van der Waals surface area contributed by atoms with E-state index in [0.29, 0.717) is 23.2 Å². The molecule has 27 heavy (non-hydrogen) atoms. The highest BCUT2D eigenvalue weighted by molar-refractivity contribution is 6.04. The van der Waals surface area contributed by atoms with Gasteiger partial charge in [0.05, 0.1) is 11.1 Å². The van der Waals surface area contributed by atoms with Crippen molar-refractivity contribution in [3.63, 3.8) is 0 Å². The Labute approximate surface area is 157 Å². The predicted molar refractivity (Wildman–Crippen MR) is 105 cm³/mol. The second kappa shape index (κ2) is 5.99. The van der Waals surface area contributed by atoms with Crippen LogP contribution in [0.15, 0.2) is 42.5 Å². The van der Waals surface area contributed by atoms with Gasteiger partial charge in [-0.3, -0.25) is 9.69 Å². The number of imidazole rings is 1. The molecule has 0 radical (unpaired) electrons. The van der Waals surface area contributed by atoms with Crippen molar-refractivity contribution in [1.29, 1.82) is 0 Å². The number of benzene rings is 2. The molecule has 7 heteroatoms. The van der Waals surface area contributed by atoms with Gasteiger partial charge in [0.15, 0.2) is 0 Å². The molecule has 1 amide bonds. The van der Waals surface area contributed by atoms with E-state index in [9.17, 15) is 4.79 Å². The normalized spacial score (nSPS) is 22.0. The minimum atomic E-state index is -0.448. The summed E-state index contributed by atoms with van der Waals surface area (Å²) in [6.07, 6.45) is 1.13. The van der Waals surface area contributed by atoms with E-state index in [2.05, 4.69) is 26.9 Å². The van der Waals surface area contributed by atoms with Crippen LogP contribution in [0.25, 0.3) is 11.0 Å². The summed E-state index contributed by atoms with van der Waals surface area (Å²) >= 11 is 0. The van der Waals surface area contributed by atoms with E-state index < -0.39 is 5.91 Å². The number of para-hydroxylation sites is 1. The first-order valence-electron chi connectivity index (χ1n) is 9.22. The molecule has 2 saturated heterocycles. The zero-order chi connectivity index (χ0) is 18.5. The van der Waals surface area contributed by atoms with E-state index in [1.807, 2.05) is 24.3 Å². The topological polar surface area (TPSA) is 104 Å². The third-order valence-corrected chi connectivity index (χ3v) is 5.76. The Balaban J connectivity index is 1.35. The van der Waals surface area contributed by atoms with Gasteiger partial charge in [-0.2, -0.15) is 0 Å². The molecule has 3 aromatic rings. The van der Waals surface area contributed by atoms with Crippen molar-refractivity contribution in [2.45, 2.75) is 25.0 Å². The molecule has 5 rings (SSSR count). The summed E-state index contributed by atoms with van der Waals surface area (Å²) in [5.74, 6) is 0.384. The number of carbonyl (C=O) groups excluding carboxylic acids is 1. The zero-order valence-corrected chi connectivity index (χ0v) is 14.9. The minimum Gasteiger partial charge on any atom is -0.399 e. The molecule has 2 fully saturated rings. The highest BCUT2D eigenvalue weighted by Crippen LogP contribution is 2.35. The van der Waals surface area contributed by atoms with Crippen LogP contribution in [0.4, 0.5) is 11.6 Å². The fraction of sp³-hybridized carbons (Fsp3) is 0.300. The van der Waals surface area contributed by atoms with E-state index in [0.717, 1.165) is 43.2 Å². The van der Waals surface area contributed by atoms with Gasteiger partial charge in [-0.15, -0.1) is 0 Å². The molecule has 0 unspecified atom stereocenters. The lowest BCUT2D eigenvalue weighted by atomic mass is 10.2. The molecule has 2 aliphatic rings. The van der Waals surface area contributed by atoms with Crippen LogP contribution in [0, 0.1) is 0 Å². The number of nitrogen functional groups attached to an aromatic ring is 1. The first-order valence-corrected chi connectivity index (χ1v) is 9.22. The summed E-state index contributed by atoms with van der Waals surface area (Å²) in [5.41, 5.74) is 15.3. The van der Waals surface area contributed by atoms with Crippen LogP contribution in [0.2, 0.25) is 0 Å². The zero-order valence-electron chi connectivity index (χ0n) is 14.9. The number of hydrogen-bond donors (Lipinski definition) is 3. The number of nitrogens with two attached hydrogens (primary N) is 2. The molecule has 138 valence electrons. The summed E-state index contributed by atoms with van der Waals surface area (Å²) in [4.78, 5) is 24.6. The van der Waals surface area contributed by atoms with Gasteiger partial charge < -0.3 is 21.4 Å². The fourth-order valence-corrected chi connectivity index (χ4v) is 4.41. The summed E-state index contributed by atoms with van der Waals surface area (Å²) in [6.45, 7) is 2.89. The maximum atomic E-state index is 11.7. The van der Waals surface area contributed by atoms with E-state index in [1.54, 1.807) is 6.07 Å². The van der Waals surface area contributed by atoms with Crippen molar-refractivity contribution in [3.8, 4) is 0 Å². The third kappa shape index (κ3) is 2.71. The van der Waals surface area contributed by atoms with Crippen LogP contribution in [0.5, 0.6) is 0 Å². The first kappa shape index (κ1) is 16.1. The monoisotopic (exact) mass is 362 g/mol. The predicted octanol–water partition coefficient (Wildman–Crippen LogP) is 1.71. The highest BCUT2D eigenvalue weighted by Gasteiger charge is 2.44. The minimum absolute atomic E-state index is 0.432. The number of nitrogens with one attached hydrogen (secondary N) is 1. The lowest BCUT2D eigenvalue weighted by Crippen LogP contribution is -2.46. The Kier molecular flexibility index (Phi) is 3.58. The molecular weight excluding hydrogens is 340 g/mol. The standard InChI is InChI=1S/C20H22N6O/c21-13-6-4-12(5-7-13)9-25-10-15-8-14(25)11-26(15)20-23-17-3-1-2-16(19(22)27)18(17)24-20/h1-7,14-15H,8-11,21H2,(H2,22,27)(H,23,24)/t14-,15+/m0/s1. The Hall–Kier alpha value is -3.06. The number of primary amides is 1. The van der Waals surface area contributed by atoms with Gasteiger partial charge in [0, 0.05) is 37.4 Å². The maximum absolute atomic E-state index is 11.7. The number of hydrogen-bond acceptors (Lipinski definition) is 5. The van der Waals surface area contributed by atoms with Crippen molar-refractivity contribution < 1.29 is 4.79 Å². The van der Waals surface area contributed by atoms with Crippen LogP contribution in [-0.2, 0) is 6.54 Å². The van der Waals surface area contributed by atoms with Crippen LogP contribution in [0.3, 0.4) is 0 Å². The van der Waals surface area contributed by atoms with Gasteiger partial charge in [0.25, 0.3) is 5.91 Å². The van der Waals surface area contributed by atoms with E-state index in [4.69, 9.17) is 16.5 Å². The number of carbonyl (C=O) groups is 1. The van der Waals surface area contributed by atoms with Crippen molar-refractivity contribution in [2.75, 3.05) is 23.7 Å². The average molecular weight is 362 g/mol. The molecule has 1 aromatic heterocycles. The molecule has 0 spiro atoms. The number of aromatic nitrogens is 2. The van der Waals surface area contributed by atoms with E-state index in [-0.39, 0.29) is 0 Å². The number of fused-ring (bicyclic) bond motifs is 3. The number of anilines is 2. The average Bonchev–Trinajstić information content (AvgIpc) is 3.35. The molecule has 2 bridgehead atoms. The second-order valence-corrected chi connectivity index (χ2v) is 7.49. The largest absolute Gasteiger partial charge is 0.399 e. The van der Waals surface area contributed by atoms with Crippen LogP contribution < -0.4 is 16.4 Å². The van der Waals surface area contributed by atoms with E-state index >= 15 is 0 Å². The summed E-state index contributed by atoms with van der Waals surface area (Å²) in [6, 6.07) is 14.5. The summed E-state index contributed by atoms with van der Waals surface area (Å²) in [7, 11) is 0. The summed E-state index contributed by atoms with van der Waals surface area (Å²) in [5, 5.41) is 0. The molecule has 7 nitrogen and oxygen atoms in total. The number of nitrogens with zero attached hydrogens (tertiary/aromatic N) is 3. The Morgan fingerprint density at radius 1 is 1.15 bits per heavy atom. The number of likely N-dealkylation sites (tertiary alicyclic amines) is 1. The van der Waals surface area contributed by atoms with Gasteiger partial charge in [-0.05, 0) is 36.2 Å². The molecule has 2 aliphatic heterocycles. The Morgan fingerprint density at radius 2 is 1.96 bits per heavy atom. The van der Waals surface area contributed by atoms with Crippen LogP contribution >= 0.6 is 0 Å². The van der Waals surface area contributed by atoms with Crippen molar-refractivity contribution in [3.05, 3.63) is 53.6 Å². The second-order valence-electron chi connectivity index (χ2n) is 7.49. The Bertz CT molecular complexity index is 1010. The summed E-state index contributed by atoms with van der Waals surface area (Å²) < 4.78 is 0. The smallest absolute Gasteiger partial charge is 0.250 e. The van der Waals surface area contributed by atoms with Crippen molar-refractivity contribution >= 4 is 28.6 Å². The maximum Gasteiger partial charge on any atom is 0.250 e. The van der Waals surface area contributed by atoms with Gasteiger partial charge in [0.1, 0.15) is 5.52 Å². The Morgan fingerprint density at radius 3 is 2.67 bits per heavy atom. The number of aromatic amines is 1. The van der Waals surface area contributed by atoms with Gasteiger partial charge in [0.2, 0.25) is 5.95 Å². The van der Waals surface area contributed by atoms with Gasteiger partial charge in [-0.25, -0.2) is 4.98 Å². The quantitative estimate of drug-likeness (QED) is 0.613.